The molecular weight excluding hydrogens is 280 g/mol. The van der Waals surface area contributed by atoms with Gasteiger partial charge in [0.05, 0.1) is 5.56 Å². The van der Waals surface area contributed by atoms with Gasteiger partial charge >= 0.3 is 0 Å². The minimum absolute atomic E-state index is 0.224. The number of rotatable bonds is 5. The van der Waals surface area contributed by atoms with E-state index in [1.165, 1.54) is 6.07 Å². The summed E-state index contributed by atoms with van der Waals surface area (Å²) < 4.78 is 0. The van der Waals surface area contributed by atoms with Crippen molar-refractivity contribution >= 4 is 29.1 Å². The molecule has 0 saturated carbocycles. The summed E-state index contributed by atoms with van der Waals surface area (Å²) in [5.41, 5.74) is 6.00. The van der Waals surface area contributed by atoms with Gasteiger partial charge in [-0.25, -0.2) is 0 Å². The molecule has 4 N–H and O–H groups in total. The van der Waals surface area contributed by atoms with Gasteiger partial charge in [0.1, 0.15) is 11.6 Å². The fourth-order valence-corrected chi connectivity index (χ4v) is 1.42. The van der Waals surface area contributed by atoms with Gasteiger partial charge in [-0.15, -0.1) is 11.6 Å². The number of carbonyl (C=O) groups excluding carboxylic acids is 2. The number of alkyl halides is 1. The molecule has 0 aliphatic rings. The Labute approximate surface area is 121 Å². The van der Waals surface area contributed by atoms with Crippen LogP contribution in [0.1, 0.15) is 10.4 Å². The summed E-state index contributed by atoms with van der Waals surface area (Å²) >= 11 is 5.42. The number of nitrogens with two attached hydrogens (primary N) is 1. The normalized spacial score (nSPS) is 10.5. The SMILES string of the molecule is N#C/C(=C/NC(=O)c1ccccc1N)C(=O)NCCCl. The zero-order valence-electron chi connectivity index (χ0n) is 10.5. The molecule has 0 fully saturated rings. The second kappa shape index (κ2) is 7.81. The molecule has 0 spiro atoms. The van der Waals surface area contributed by atoms with Crippen LogP contribution in [0.25, 0.3) is 0 Å². The van der Waals surface area contributed by atoms with Gasteiger partial charge in [-0.1, -0.05) is 12.1 Å². The molecule has 7 heteroatoms. The largest absolute Gasteiger partial charge is 0.398 e. The maximum absolute atomic E-state index is 11.8. The molecular formula is C13H13ClN4O2. The molecule has 0 aromatic heterocycles. The van der Waals surface area contributed by atoms with E-state index in [9.17, 15) is 9.59 Å². The van der Waals surface area contributed by atoms with Crippen molar-refractivity contribution in [2.24, 2.45) is 0 Å². The molecule has 0 aliphatic heterocycles. The highest BCUT2D eigenvalue weighted by Crippen LogP contribution is 2.09. The number of amides is 2. The van der Waals surface area contributed by atoms with Crippen molar-refractivity contribution in [2.75, 3.05) is 18.2 Å². The number of benzene rings is 1. The average molecular weight is 293 g/mol. The molecule has 1 aromatic carbocycles. The van der Waals surface area contributed by atoms with E-state index >= 15 is 0 Å². The van der Waals surface area contributed by atoms with E-state index in [1.54, 1.807) is 24.3 Å². The smallest absolute Gasteiger partial charge is 0.263 e. The van der Waals surface area contributed by atoms with Gasteiger partial charge in [0.2, 0.25) is 0 Å². The minimum Gasteiger partial charge on any atom is -0.398 e. The number of nitrogen functional groups attached to an aromatic ring is 1. The molecule has 2 amide bonds. The second-order valence-corrected chi connectivity index (χ2v) is 4.05. The predicted molar refractivity (Wildman–Crippen MR) is 75.7 cm³/mol. The van der Waals surface area contributed by atoms with Crippen molar-refractivity contribution in [3.05, 3.63) is 41.6 Å². The standard InChI is InChI=1S/C13H13ClN4O2/c14-5-6-17-12(19)9(7-15)8-18-13(20)10-3-1-2-4-11(10)16/h1-4,8H,5-6,16H2,(H,17,19)(H,18,20)/b9-8-. The Morgan fingerprint density at radius 1 is 1.40 bits per heavy atom. The first kappa shape index (κ1) is 15.5. The van der Waals surface area contributed by atoms with Crippen molar-refractivity contribution in [1.29, 1.82) is 5.26 Å². The number of nitrogens with one attached hydrogen (secondary N) is 2. The van der Waals surface area contributed by atoms with Crippen molar-refractivity contribution in [3.63, 3.8) is 0 Å². The van der Waals surface area contributed by atoms with Crippen molar-refractivity contribution in [1.82, 2.24) is 10.6 Å². The summed E-state index contributed by atoms with van der Waals surface area (Å²) in [5, 5.41) is 13.6. The second-order valence-electron chi connectivity index (χ2n) is 3.68. The van der Waals surface area contributed by atoms with Crippen LogP contribution in [0.5, 0.6) is 0 Å². The molecule has 1 rings (SSSR count). The summed E-state index contributed by atoms with van der Waals surface area (Å²) in [6.07, 6.45) is 1.04. The number of halogens is 1. The highest BCUT2D eigenvalue weighted by molar-refractivity contribution is 6.18. The van der Waals surface area contributed by atoms with E-state index in [0.29, 0.717) is 5.69 Å². The number of nitrogens with zero attached hydrogens (tertiary/aromatic N) is 1. The highest BCUT2D eigenvalue weighted by Gasteiger charge is 2.11. The number of para-hydroxylation sites is 1. The molecule has 20 heavy (non-hydrogen) atoms. The zero-order valence-corrected chi connectivity index (χ0v) is 11.3. The Bertz CT molecular complexity index is 578. The lowest BCUT2D eigenvalue weighted by atomic mass is 10.1. The molecule has 1 aromatic rings. The number of hydrogen-bond acceptors (Lipinski definition) is 4. The molecule has 0 heterocycles. The summed E-state index contributed by atoms with van der Waals surface area (Å²) in [5.74, 6) is -0.868. The Balaban J connectivity index is 2.75. The van der Waals surface area contributed by atoms with Crippen LogP contribution in [0.4, 0.5) is 5.69 Å². The summed E-state index contributed by atoms with van der Waals surface area (Å²) in [4.78, 5) is 23.3. The zero-order chi connectivity index (χ0) is 15.0. The van der Waals surface area contributed by atoms with Crippen LogP contribution in [0.2, 0.25) is 0 Å². The Morgan fingerprint density at radius 2 is 2.10 bits per heavy atom. The molecule has 0 bridgehead atoms. The Morgan fingerprint density at radius 3 is 2.70 bits per heavy atom. The topological polar surface area (TPSA) is 108 Å². The summed E-state index contributed by atoms with van der Waals surface area (Å²) in [6.45, 7) is 0.235. The fourth-order valence-electron chi connectivity index (χ4n) is 1.32. The van der Waals surface area contributed by atoms with Crippen LogP contribution < -0.4 is 16.4 Å². The number of carbonyl (C=O) groups is 2. The van der Waals surface area contributed by atoms with Gasteiger partial charge in [0.15, 0.2) is 0 Å². The van der Waals surface area contributed by atoms with E-state index in [0.717, 1.165) is 6.20 Å². The molecule has 0 radical (unpaired) electrons. The summed E-state index contributed by atoms with van der Waals surface area (Å²) in [7, 11) is 0. The van der Waals surface area contributed by atoms with Gasteiger partial charge in [0.25, 0.3) is 11.8 Å². The predicted octanol–water partition coefficient (Wildman–Crippen LogP) is 0.761. The van der Waals surface area contributed by atoms with E-state index < -0.39 is 11.8 Å². The van der Waals surface area contributed by atoms with Crippen LogP contribution in [0.15, 0.2) is 36.0 Å². The van der Waals surface area contributed by atoms with E-state index in [-0.39, 0.29) is 23.6 Å². The first-order valence-corrected chi connectivity index (χ1v) is 6.23. The van der Waals surface area contributed by atoms with Crippen molar-refractivity contribution < 1.29 is 9.59 Å². The maximum atomic E-state index is 11.8. The van der Waals surface area contributed by atoms with Crippen LogP contribution in [-0.4, -0.2) is 24.2 Å². The first-order chi connectivity index (χ1) is 9.60. The number of anilines is 1. The first-order valence-electron chi connectivity index (χ1n) is 5.70. The van der Waals surface area contributed by atoms with Crippen LogP contribution in [-0.2, 0) is 4.79 Å². The van der Waals surface area contributed by atoms with Gasteiger partial charge in [-0.3, -0.25) is 9.59 Å². The summed E-state index contributed by atoms with van der Waals surface area (Å²) in [6, 6.07) is 8.17. The quantitative estimate of drug-likeness (QED) is 0.322. The third-order valence-electron chi connectivity index (χ3n) is 2.30. The molecule has 6 nitrogen and oxygen atoms in total. The fraction of sp³-hybridized carbons (Fsp3) is 0.154. The number of nitriles is 1. The van der Waals surface area contributed by atoms with Crippen LogP contribution in [0.3, 0.4) is 0 Å². The molecule has 0 unspecified atom stereocenters. The maximum Gasteiger partial charge on any atom is 0.263 e. The lowest BCUT2D eigenvalue weighted by Gasteiger charge is -2.05. The molecule has 0 atom stereocenters. The van der Waals surface area contributed by atoms with Gasteiger partial charge in [-0.05, 0) is 12.1 Å². The van der Waals surface area contributed by atoms with Gasteiger partial charge in [0, 0.05) is 24.3 Å². The third kappa shape index (κ3) is 4.30. The van der Waals surface area contributed by atoms with Crippen LogP contribution >= 0.6 is 11.6 Å². The van der Waals surface area contributed by atoms with Crippen molar-refractivity contribution in [2.45, 2.75) is 0 Å². The number of hydrogen-bond donors (Lipinski definition) is 3. The third-order valence-corrected chi connectivity index (χ3v) is 2.49. The Kier molecular flexibility index (Phi) is 6.07. The molecule has 0 aliphatic carbocycles. The van der Waals surface area contributed by atoms with Gasteiger partial charge in [-0.2, -0.15) is 5.26 Å². The van der Waals surface area contributed by atoms with Gasteiger partial charge < -0.3 is 16.4 Å². The molecule has 0 saturated heterocycles. The van der Waals surface area contributed by atoms with Crippen LogP contribution in [0, 0.1) is 11.3 Å². The lowest BCUT2D eigenvalue weighted by molar-refractivity contribution is -0.117. The lowest BCUT2D eigenvalue weighted by Crippen LogP contribution is -2.28. The van der Waals surface area contributed by atoms with E-state index in [4.69, 9.17) is 22.6 Å². The highest BCUT2D eigenvalue weighted by atomic mass is 35.5. The Hall–Kier alpha value is -2.52. The minimum atomic E-state index is -0.602. The average Bonchev–Trinajstić information content (AvgIpc) is 2.45. The van der Waals surface area contributed by atoms with Crippen molar-refractivity contribution in [3.8, 4) is 6.07 Å². The molecule has 104 valence electrons. The van der Waals surface area contributed by atoms with E-state index in [1.807, 2.05) is 0 Å². The van der Waals surface area contributed by atoms with E-state index in [2.05, 4.69) is 10.6 Å². The monoisotopic (exact) mass is 292 g/mol.